The molecular formula is C31H34NO. The summed E-state index contributed by atoms with van der Waals surface area (Å²) in [6.07, 6.45) is 6.48. The van der Waals surface area contributed by atoms with Gasteiger partial charge in [-0.25, -0.2) is 0 Å². The lowest BCUT2D eigenvalue weighted by atomic mass is 9.61. The molecule has 0 spiro atoms. The first-order valence-corrected chi connectivity index (χ1v) is 12.3. The van der Waals surface area contributed by atoms with Crippen LogP contribution in [0.4, 0.5) is 0 Å². The first-order valence-electron chi connectivity index (χ1n) is 12.3. The summed E-state index contributed by atoms with van der Waals surface area (Å²) in [5.41, 5.74) is 7.74. The predicted molar refractivity (Wildman–Crippen MR) is 136 cm³/mol. The molecule has 3 aromatic rings. The Kier molecular flexibility index (Phi) is 5.51. The fraction of sp³-hybridized carbons (Fsp3) is 0.387. The van der Waals surface area contributed by atoms with Crippen LogP contribution in [0.25, 0.3) is 22.4 Å². The number of rotatable bonds is 5. The average molecular weight is 437 g/mol. The van der Waals surface area contributed by atoms with E-state index in [1.54, 1.807) is 0 Å². The molecule has 0 amide bonds. The predicted octanol–water partition coefficient (Wildman–Crippen LogP) is 8.00. The van der Waals surface area contributed by atoms with Gasteiger partial charge in [0.05, 0.1) is 11.4 Å². The molecule has 33 heavy (non-hydrogen) atoms. The summed E-state index contributed by atoms with van der Waals surface area (Å²) >= 11 is 0. The number of aromatic nitrogens is 1. The number of hydrogen-bond donors (Lipinski definition) is 0. The highest BCUT2D eigenvalue weighted by atomic mass is 16.1. The van der Waals surface area contributed by atoms with Gasteiger partial charge in [0.25, 0.3) is 0 Å². The van der Waals surface area contributed by atoms with Crippen LogP contribution < -0.4 is 0 Å². The molecule has 1 fully saturated rings. The van der Waals surface area contributed by atoms with E-state index in [1.165, 1.54) is 37.2 Å². The van der Waals surface area contributed by atoms with Crippen molar-refractivity contribution in [2.24, 2.45) is 5.41 Å². The molecule has 2 heteroatoms. The Morgan fingerprint density at radius 1 is 0.879 bits per heavy atom. The second-order valence-electron chi connectivity index (χ2n) is 11.3. The number of pyridine rings is 1. The Morgan fingerprint density at radius 3 is 2.18 bits per heavy atom. The molecule has 0 unspecified atom stereocenters. The van der Waals surface area contributed by atoms with Gasteiger partial charge in [-0.2, -0.15) is 0 Å². The fourth-order valence-corrected chi connectivity index (χ4v) is 5.86. The monoisotopic (exact) mass is 436 g/mol. The van der Waals surface area contributed by atoms with Gasteiger partial charge in [0.1, 0.15) is 0 Å². The summed E-state index contributed by atoms with van der Waals surface area (Å²) < 4.78 is 0. The van der Waals surface area contributed by atoms with Gasteiger partial charge in [0.15, 0.2) is 5.78 Å². The summed E-state index contributed by atoms with van der Waals surface area (Å²) in [7, 11) is 0. The molecule has 2 aliphatic carbocycles. The van der Waals surface area contributed by atoms with Crippen molar-refractivity contribution in [2.45, 2.75) is 71.6 Å². The number of hydrogen-bond acceptors (Lipinski definition) is 2. The molecule has 2 aromatic carbocycles. The summed E-state index contributed by atoms with van der Waals surface area (Å²) in [5.74, 6) is 1.72. The van der Waals surface area contributed by atoms with Crippen molar-refractivity contribution in [3.05, 3.63) is 83.4 Å². The third-order valence-corrected chi connectivity index (χ3v) is 7.55. The maximum Gasteiger partial charge on any atom is 0.165 e. The zero-order valence-corrected chi connectivity index (χ0v) is 20.4. The van der Waals surface area contributed by atoms with Crippen molar-refractivity contribution in [1.82, 2.24) is 4.98 Å². The van der Waals surface area contributed by atoms with E-state index < -0.39 is 0 Å². The van der Waals surface area contributed by atoms with Crippen LogP contribution in [-0.4, -0.2) is 10.8 Å². The summed E-state index contributed by atoms with van der Waals surface area (Å²) in [6.45, 7) is 8.83. The van der Waals surface area contributed by atoms with Crippen molar-refractivity contribution in [3.63, 3.8) is 0 Å². The van der Waals surface area contributed by atoms with Crippen LogP contribution in [0.2, 0.25) is 0 Å². The topological polar surface area (TPSA) is 30.0 Å². The Balaban J connectivity index is 1.61. The second kappa shape index (κ2) is 8.24. The van der Waals surface area contributed by atoms with E-state index in [9.17, 15) is 4.79 Å². The van der Waals surface area contributed by atoms with Crippen LogP contribution in [0.5, 0.6) is 0 Å². The maximum atomic E-state index is 13.0. The van der Waals surface area contributed by atoms with Crippen molar-refractivity contribution >= 4 is 5.78 Å². The van der Waals surface area contributed by atoms with Crippen LogP contribution in [0.3, 0.4) is 0 Å². The van der Waals surface area contributed by atoms with Gasteiger partial charge in [-0.3, -0.25) is 9.78 Å². The van der Waals surface area contributed by atoms with E-state index in [2.05, 4.69) is 82.3 Å². The van der Waals surface area contributed by atoms with E-state index >= 15 is 0 Å². The molecule has 2 nitrogen and oxygen atoms in total. The lowest BCUT2D eigenvalue weighted by Crippen LogP contribution is -2.35. The second-order valence-corrected chi connectivity index (χ2v) is 11.3. The molecule has 1 radical (unpaired) electrons. The molecule has 1 heterocycles. The molecule has 169 valence electrons. The summed E-state index contributed by atoms with van der Waals surface area (Å²) in [6, 6.07) is 21.6. The zero-order valence-electron chi connectivity index (χ0n) is 20.4. The molecule has 0 aliphatic heterocycles. The molecule has 2 aliphatic rings. The number of Topliss-reactive ketones (excluding diaryl/α,β-unsaturated/α-hetero) is 1. The van der Waals surface area contributed by atoms with Gasteiger partial charge >= 0.3 is 0 Å². The minimum atomic E-state index is -0.0441. The van der Waals surface area contributed by atoms with E-state index in [-0.39, 0.29) is 11.2 Å². The third kappa shape index (κ3) is 4.16. The molecule has 1 aromatic heterocycles. The summed E-state index contributed by atoms with van der Waals surface area (Å²) in [5, 5.41) is 0. The quantitative estimate of drug-likeness (QED) is 0.405. The van der Waals surface area contributed by atoms with Crippen molar-refractivity contribution in [1.29, 1.82) is 0 Å². The van der Waals surface area contributed by atoms with Gasteiger partial charge < -0.3 is 0 Å². The minimum Gasteiger partial charge on any atom is -0.294 e. The van der Waals surface area contributed by atoms with E-state index in [0.717, 1.165) is 40.1 Å². The van der Waals surface area contributed by atoms with E-state index in [0.29, 0.717) is 11.8 Å². The molecule has 0 bridgehead atoms. The Bertz CT molecular complexity index is 1170. The Labute approximate surface area is 198 Å². The average Bonchev–Trinajstić information content (AvgIpc) is 2.75. The number of benzene rings is 2. The maximum absolute atomic E-state index is 13.0. The Hall–Kier alpha value is -2.74. The highest BCUT2D eigenvalue weighted by molar-refractivity contribution is 6.01. The van der Waals surface area contributed by atoms with E-state index in [1.807, 2.05) is 6.07 Å². The lowest BCUT2D eigenvalue weighted by molar-refractivity contribution is 0.0910. The largest absolute Gasteiger partial charge is 0.294 e. The Morgan fingerprint density at radius 2 is 1.58 bits per heavy atom. The molecular weight excluding hydrogens is 402 g/mol. The van der Waals surface area contributed by atoms with Crippen molar-refractivity contribution in [3.8, 4) is 22.4 Å². The molecule has 0 saturated heterocycles. The highest BCUT2D eigenvalue weighted by Crippen LogP contribution is 2.49. The lowest BCUT2D eigenvalue weighted by Gasteiger charge is -2.44. The van der Waals surface area contributed by atoms with Crippen LogP contribution in [0.15, 0.2) is 60.7 Å². The van der Waals surface area contributed by atoms with Gasteiger partial charge in [0.2, 0.25) is 0 Å². The minimum absolute atomic E-state index is 0.0441. The smallest absolute Gasteiger partial charge is 0.165 e. The normalized spacial score (nSPS) is 18.6. The SMILES string of the molecule is C[C](C)CC1(c2ccc(-c3nc4c(cc3-c3ccccc3)C(=O)CC(C)(C)C4)cc2)CCC1. The molecule has 0 atom stereocenters. The summed E-state index contributed by atoms with van der Waals surface area (Å²) in [4.78, 5) is 18.1. The first kappa shape index (κ1) is 22.1. The zero-order chi connectivity index (χ0) is 23.2. The van der Waals surface area contributed by atoms with Gasteiger partial charge in [-0.05, 0) is 59.6 Å². The molecule has 0 N–H and O–H groups in total. The van der Waals surface area contributed by atoms with Crippen LogP contribution in [-0.2, 0) is 11.8 Å². The van der Waals surface area contributed by atoms with Crippen molar-refractivity contribution < 1.29 is 4.79 Å². The molecule has 1 saturated carbocycles. The van der Waals surface area contributed by atoms with Crippen LogP contribution in [0, 0.1) is 11.3 Å². The van der Waals surface area contributed by atoms with Gasteiger partial charge in [0, 0.05) is 23.1 Å². The van der Waals surface area contributed by atoms with Gasteiger partial charge in [-0.15, -0.1) is 0 Å². The van der Waals surface area contributed by atoms with Crippen LogP contribution >= 0.6 is 0 Å². The molecule has 5 rings (SSSR count). The third-order valence-electron chi connectivity index (χ3n) is 7.55. The number of nitrogens with zero attached hydrogens (tertiary/aromatic N) is 1. The number of fused-ring (bicyclic) bond motifs is 1. The van der Waals surface area contributed by atoms with E-state index in [4.69, 9.17) is 4.98 Å². The highest BCUT2D eigenvalue weighted by Gasteiger charge is 2.39. The fourth-order valence-electron chi connectivity index (χ4n) is 5.86. The first-order chi connectivity index (χ1) is 15.8. The van der Waals surface area contributed by atoms with Gasteiger partial charge in [-0.1, -0.05) is 88.7 Å². The number of ketones is 1. The number of carbonyl (C=O) groups is 1. The van der Waals surface area contributed by atoms with Crippen LogP contribution in [0.1, 0.15) is 81.4 Å². The van der Waals surface area contributed by atoms with Crippen molar-refractivity contribution in [2.75, 3.05) is 0 Å². The standard InChI is InChI=1S/C31H34NO/c1-21(2)18-31(15-8-16-31)24-13-11-23(12-14-24)29-25(22-9-6-5-7-10-22)17-26-27(32-29)19-30(3,4)20-28(26)33/h5-7,9-14,17H,8,15-16,18-20H2,1-4H3. The number of carbonyl (C=O) groups excluding carboxylic acids is 1.